The number of nitro benzene ring substituents is 1. The number of anilines is 1. The van der Waals surface area contributed by atoms with Gasteiger partial charge in [-0.15, -0.1) is 0 Å². The normalized spacial score (nSPS) is 14.6. The molecule has 0 radical (unpaired) electrons. The van der Waals surface area contributed by atoms with Crippen LogP contribution in [0.1, 0.15) is 18.4 Å². The van der Waals surface area contributed by atoms with Gasteiger partial charge in [-0.2, -0.15) is 0 Å². The fourth-order valence-electron chi connectivity index (χ4n) is 2.58. The fourth-order valence-corrected chi connectivity index (χ4v) is 2.58. The van der Waals surface area contributed by atoms with Crippen LogP contribution in [0, 0.1) is 10.1 Å². The van der Waals surface area contributed by atoms with Gasteiger partial charge in [0, 0.05) is 37.1 Å². The molecule has 0 bridgehead atoms. The molecule has 2 aromatic carbocycles. The summed E-state index contributed by atoms with van der Waals surface area (Å²) in [7, 11) is 0. The van der Waals surface area contributed by atoms with Crippen molar-refractivity contribution in [3.05, 3.63) is 64.2 Å². The van der Waals surface area contributed by atoms with Crippen molar-refractivity contribution in [2.75, 3.05) is 18.0 Å². The summed E-state index contributed by atoms with van der Waals surface area (Å²) in [6.45, 7) is 2.25. The van der Waals surface area contributed by atoms with Crippen LogP contribution in [-0.2, 0) is 0 Å². The van der Waals surface area contributed by atoms with E-state index in [2.05, 4.69) is 22.0 Å². The maximum atomic E-state index is 10.7. The molecule has 0 aliphatic carbocycles. The molecule has 1 saturated heterocycles. The number of nitro groups is 1. The summed E-state index contributed by atoms with van der Waals surface area (Å²) >= 11 is 0. The molecule has 5 nitrogen and oxygen atoms in total. The van der Waals surface area contributed by atoms with Gasteiger partial charge >= 0.3 is 0 Å². The average Bonchev–Trinajstić information content (AvgIpc) is 3.08. The van der Waals surface area contributed by atoms with Gasteiger partial charge in [0.2, 0.25) is 0 Å². The number of aliphatic imine (C=N–C) groups is 1. The number of benzene rings is 2. The first kappa shape index (κ1) is 14.3. The van der Waals surface area contributed by atoms with E-state index in [1.54, 1.807) is 18.3 Å². The molecule has 3 rings (SSSR count). The Hall–Kier alpha value is -2.69. The molecule has 112 valence electrons. The standard InChI is InChI=1S/C17H17N3O2/c21-20(22)17-5-3-4-15(12-17)18-13-14-6-8-16(9-7-14)19-10-1-2-11-19/h3-9,12-13H,1-2,10-11H2. The van der Waals surface area contributed by atoms with Crippen molar-refractivity contribution in [3.8, 4) is 0 Å². The first-order valence-corrected chi connectivity index (χ1v) is 7.36. The summed E-state index contributed by atoms with van der Waals surface area (Å²) in [5.74, 6) is 0. The van der Waals surface area contributed by atoms with E-state index in [0.29, 0.717) is 5.69 Å². The van der Waals surface area contributed by atoms with Crippen LogP contribution in [0.2, 0.25) is 0 Å². The van der Waals surface area contributed by atoms with E-state index in [4.69, 9.17) is 0 Å². The monoisotopic (exact) mass is 295 g/mol. The smallest absolute Gasteiger partial charge is 0.271 e. The van der Waals surface area contributed by atoms with Gasteiger partial charge < -0.3 is 4.90 Å². The molecule has 0 unspecified atom stereocenters. The molecule has 1 aliphatic heterocycles. The predicted molar refractivity (Wildman–Crippen MR) is 88.2 cm³/mol. The highest BCUT2D eigenvalue weighted by molar-refractivity contribution is 5.82. The number of non-ortho nitro benzene ring substituents is 1. The van der Waals surface area contributed by atoms with Crippen LogP contribution in [0.25, 0.3) is 0 Å². The number of rotatable bonds is 4. The van der Waals surface area contributed by atoms with Crippen molar-refractivity contribution >= 4 is 23.3 Å². The second-order valence-electron chi connectivity index (χ2n) is 5.32. The van der Waals surface area contributed by atoms with Crippen molar-refractivity contribution in [2.24, 2.45) is 4.99 Å². The predicted octanol–water partition coefficient (Wildman–Crippen LogP) is 3.95. The molecule has 2 aromatic rings. The zero-order chi connectivity index (χ0) is 15.4. The molecule has 5 heteroatoms. The minimum Gasteiger partial charge on any atom is -0.372 e. The van der Waals surface area contributed by atoms with Gasteiger partial charge in [-0.25, -0.2) is 0 Å². The van der Waals surface area contributed by atoms with Crippen LogP contribution in [0.3, 0.4) is 0 Å². The average molecular weight is 295 g/mol. The summed E-state index contributed by atoms with van der Waals surface area (Å²) < 4.78 is 0. The molecule has 0 N–H and O–H groups in total. The van der Waals surface area contributed by atoms with Crippen LogP contribution in [-0.4, -0.2) is 24.2 Å². The number of hydrogen-bond donors (Lipinski definition) is 0. The zero-order valence-electron chi connectivity index (χ0n) is 12.2. The Balaban J connectivity index is 1.72. The minimum atomic E-state index is -0.413. The Bertz CT molecular complexity index is 689. The Morgan fingerprint density at radius 3 is 2.50 bits per heavy atom. The molecule has 1 aliphatic rings. The highest BCUT2D eigenvalue weighted by atomic mass is 16.6. The van der Waals surface area contributed by atoms with Crippen molar-refractivity contribution in [2.45, 2.75) is 12.8 Å². The maximum absolute atomic E-state index is 10.7. The highest BCUT2D eigenvalue weighted by Crippen LogP contribution is 2.21. The Kier molecular flexibility index (Phi) is 4.14. The van der Waals surface area contributed by atoms with E-state index >= 15 is 0 Å². The largest absolute Gasteiger partial charge is 0.372 e. The zero-order valence-corrected chi connectivity index (χ0v) is 12.2. The van der Waals surface area contributed by atoms with E-state index in [1.165, 1.54) is 30.7 Å². The first-order valence-electron chi connectivity index (χ1n) is 7.36. The number of hydrogen-bond acceptors (Lipinski definition) is 4. The van der Waals surface area contributed by atoms with Crippen LogP contribution in [0.5, 0.6) is 0 Å². The Morgan fingerprint density at radius 2 is 1.82 bits per heavy atom. The fraction of sp³-hybridized carbons (Fsp3) is 0.235. The second kappa shape index (κ2) is 6.39. The van der Waals surface area contributed by atoms with Gasteiger partial charge in [0.15, 0.2) is 0 Å². The van der Waals surface area contributed by atoms with E-state index < -0.39 is 4.92 Å². The lowest BCUT2D eigenvalue weighted by Crippen LogP contribution is -2.17. The first-order chi connectivity index (χ1) is 10.7. The van der Waals surface area contributed by atoms with Crippen molar-refractivity contribution < 1.29 is 4.92 Å². The van der Waals surface area contributed by atoms with Gasteiger partial charge in [0.05, 0.1) is 10.6 Å². The third kappa shape index (κ3) is 3.31. The van der Waals surface area contributed by atoms with E-state index in [-0.39, 0.29) is 5.69 Å². The van der Waals surface area contributed by atoms with Gasteiger partial charge in [-0.3, -0.25) is 15.1 Å². The van der Waals surface area contributed by atoms with E-state index in [0.717, 1.165) is 18.7 Å². The van der Waals surface area contributed by atoms with Crippen LogP contribution in [0.15, 0.2) is 53.5 Å². The SMILES string of the molecule is O=[N+]([O-])c1cccc(N=Cc2ccc(N3CCCC3)cc2)c1. The van der Waals surface area contributed by atoms with Gasteiger partial charge in [0.1, 0.15) is 0 Å². The lowest BCUT2D eigenvalue weighted by molar-refractivity contribution is -0.384. The van der Waals surface area contributed by atoms with Gasteiger partial charge in [-0.05, 0) is 36.6 Å². The molecule has 1 heterocycles. The highest BCUT2D eigenvalue weighted by Gasteiger charge is 2.11. The molecular formula is C17H17N3O2. The molecule has 0 atom stereocenters. The third-order valence-corrected chi connectivity index (χ3v) is 3.77. The molecule has 0 aromatic heterocycles. The van der Waals surface area contributed by atoms with Crippen LogP contribution in [0.4, 0.5) is 17.1 Å². The summed E-state index contributed by atoms with van der Waals surface area (Å²) in [5.41, 5.74) is 2.86. The summed E-state index contributed by atoms with van der Waals surface area (Å²) in [5, 5.41) is 10.7. The molecule has 0 spiro atoms. The quantitative estimate of drug-likeness (QED) is 0.487. The Morgan fingerprint density at radius 1 is 1.09 bits per heavy atom. The van der Waals surface area contributed by atoms with Crippen molar-refractivity contribution in [3.63, 3.8) is 0 Å². The van der Waals surface area contributed by atoms with Crippen LogP contribution >= 0.6 is 0 Å². The lowest BCUT2D eigenvalue weighted by Gasteiger charge is -2.17. The molecule has 1 fully saturated rings. The maximum Gasteiger partial charge on any atom is 0.271 e. The van der Waals surface area contributed by atoms with Gasteiger partial charge in [0.25, 0.3) is 5.69 Å². The topological polar surface area (TPSA) is 58.7 Å². The second-order valence-corrected chi connectivity index (χ2v) is 5.32. The number of nitrogens with zero attached hydrogens (tertiary/aromatic N) is 3. The van der Waals surface area contributed by atoms with Crippen molar-refractivity contribution in [1.29, 1.82) is 0 Å². The molecule has 0 saturated carbocycles. The minimum absolute atomic E-state index is 0.0547. The molecule has 0 amide bonds. The van der Waals surface area contributed by atoms with Crippen molar-refractivity contribution in [1.82, 2.24) is 0 Å². The lowest BCUT2D eigenvalue weighted by atomic mass is 10.2. The van der Waals surface area contributed by atoms with Crippen LogP contribution < -0.4 is 4.90 Å². The third-order valence-electron chi connectivity index (χ3n) is 3.77. The van der Waals surface area contributed by atoms with E-state index in [1.807, 2.05) is 12.1 Å². The summed E-state index contributed by atoms with van der Waals surface area (Å²) in [6.07, 6.45) is 4.25. The Labute approximate surface area is 129 Å². The summed E-state index contributed by atoms with van der Waals surface area (Å²) in [6, 6.07) is 14.6. The molecular weight excluding hydrogens is 278 g/mol. The van der Waals surface area contributed by atoms with E-state index in [9.17, 15) is 10.1 Å². The summed E-state index contributed by atoms with van der Waals surface area (Å²) in [4.78, 5) is 17.0. The van der Waals surface area contributed by atoms with Gasteiger partial charge in [-0.1, -0.05) is 18.2 Å². The molecule has 22 heavy (non-hydrogen) atoms.